The highest BCUT2D eigenvalue weighted by Crippen LogP contribution is 2.26. The van der Waals surface area contributed by atoms with Crippen molar-refractivity contribution >= 4 is 28.6 Å². The second-order valence-electron chi connectivity index (χ2n) is 5.99. The van der Waals surface area contributed by atoms with Gasteiger partial charge in [0.2, 0.25) is 0 Å². The molecule has 1 fully saturated rings. The maximum Gasteiger partial charge on any atom is 0.329 e. The Hall–Kier alpha value is -2.90. The van der Waals surface area contributed by atoms with E-state index in [1.807, 2.05) is 0 Å². The largest absolute Gasteiger partial charge is 0.352 e. The van der Waals surface area contributed by atoms with Gasteiger partial charge in [0.1, 0.15) is 5.78 Å². The first-order chi connectivity index (χ1) is 11.4. The Morgan fingerprint density at radius 1 is 1.29 bits per heavy atom. The molecule has 1 atom stereocenters. The number of Topliss-reactive ketones (excluding diaryl/α,β-unsaturated/α-hetero) is 2. The molecule has 1 saturated carbocycles. The lowest BCUT2D eigenvalue weighted by Gasteiger charge is -2.21. The van der Waals surface area contributed by atoms with Crippen LogP contribution < -0.4 is 16.7 Å². The minimum absolute atomic E-state index is 0.0793. The highest BCUT2D eigenvalue weighted by Gasteiger charge is 2.31. The molecule has 1 aromatic heterocycles. The maximum absolute atomic E-state index is 12.6. The van der Waals surface area contributed by atoms with Crippen molar-refractivity contribution in [1.29, 1.82) is 0 Å². The van der Waals surface area contributed by atoms with E-state index in [1.165, 1.54) is 9.13 Å². The van der Waals surface area contributed by atoms with E-state index < -0.39 is 12.1 Å². The molecule has 8 heteroatoms. The summed E-state index contributed by atoms with van der Waals surface area (Å²) in [5.74, 6) is -0.301. The Bertz CT molecular complexity index is 909. The minimum atomic E-state index is -0.626. The number of nitrogens with one attached hydrogen (secondary N) is 1. The van der Waals surface area contributed by atoms with Crippen molar-refractivity contribution in [3.05, 3.63) is 34.2 Å². The van der Waals surface area contributed by atoms with Gasteiger partial charge >= 0.3 is 11.7 Å². The smallest absolute Gasteiger partial charge is 0.329 e. The lowest BCUT2D eigenvalue weighted by molar-refractivity contribution is -0.132. The number of primary amides is 1. The number of nitrogens with two attached hydrogens (primary N) is 1. The number of hydrogen-bond donors (Lipinski definition) is 2. The summed E-state index contributed by atoms with van der Waals surface area (Å²) in [6, 6.07) is 4.07. The van der Waals surface area contributed by atoms with Gasteiger partial charge in [0.05, 0.1) is 23.5 Å². The van der Waals surface area contributed by atoms with E-state index in [2.05, 4.69) is 5.32 Å². The number of fused-ring (bicyclic) bond motifs is 1. The Morgan fingerprint density at radius 3 is 2.71 bits per heavy atom. The fourth-order valence-corrected chi connectivity index (χ4v) is 3.14. The standard InChI is InChI=1S/C16H18N4O4/c1-19-13-6-9(8-18-15(17)23)2-4-11(13)20(16(19)24)12-5-3-10(21)7-14(12)22/h2,4,6,12H,3,5,7-8H2,1H3,(H3,17,18,23). The normalized spacial score (nSPS) is 18.1. The topological polar surface area (TPSA) is 116 Å². The van der Waals surface area contributed by atoms with Crippen LogP contribution in [0.4, 0.5) is 4.79 Å². The molecular weight excluding hydrogens is 312 g/mol. The van der Waals surface area contributed by atoms with Crippen LogP contribution in [0.5, 0.6) is 0 Å². The molecule has 2 aromatic rings. The zero-order valence-electron chi connectivity index (χ0n) is 13.2. The second-order valence-corrected chi connectivity index (χ2v) is 5.99. The Kier molecular flexibility index (Phi) is 3.96. The van der Waals surface area contributed by atoms with Gasteiger partial charge in [-0.3, -0.25) is 18.7 Å². The number of aromatic nitrogens is 2. The predicted octanol–water partition coefficient (Wildman–Crippen LogP) is 0.371. The summed E-state index contributed by atoms with van der Waals surface area (Å²) in [6.45, 7) is 0.251. The molecule has 8 nitrogen and oxygen atoms in total. The third-order valence-electron chi connectivity index (χ3n) is 4.37. The van der Waals surface area contributed by atoms with E-state index in [0.717, 1.165) is 5.56 Å². The van der Waals surface area contributed by atoms with Crippen molar-refractivity contribution in [3.63, 3.8) is 0 Å². The van der Waals surface area contributed by atoms with Gasteiger partial charge in [-0.15, -0.1) is 0 Å². The number of nitrogens with zero attached hydrogens (tertiary/aromatic N) is 2. The molecule has 1 aliphatic rings. The first kappa shape index (κ1) is 16.0. The Balaban J connectivity index is 2.05. The van der Waals surface area contributed by atoms with Crippen molar-refractivity contribution in [2.75, 3.05) is 0 Å². The number of amides is 2. The number of aryl methyl sites for hydroxylation is 1. The maximum atomic E-state index is 12.6. The zero-order chi connectivity index (χ0) is 17.4. The number of carbonyl (C=O) groups is 3. The lowest BCUT2D eigenvalue weighted by atomic mass is 9.93. The number of benzene rings is 1. The van der Waals surface area contributed by atoms with Crippen molar-refractivity contribution < 1.29 is 14.4 Å². The monoisotopic (exact) mass is 330 g/mol. The molecule has 0 aliphatic heterocycles. The molecule has 24 heavy (non-hydrogen) atoms. The first-order valence-corrected chi connectivity index (χ1v) is 7.66. The van der Waals surface area contributed by atoms with E-state index in [9.17, 15) is 19.2 Å². The van der Waals surface area contributed by atoms with Crippen LogP contribution in [0.15, 0.2) is 23.0 Å². The Labute approximate surface area is 137 Å². The van der Waals surface area contributed by atoms with Crippen LogP contribution in [0.3, 0.4) is 0 Å². The van der Waals surface area contributed by atoms with Crippen LogP contribution >= 0.6 is 0 Å². The fourth-order valence-electron chi connectivity index (χ4n) is 3.14. The minimum Gasteiger partial charge on any atom is -0.352 e. The van der Waals surface area contributed by atoms with Gasteiger partial charge in [-0.1, -0.05) is 6.07 Å². The summed E-state index contributed by atoms with van der Waals surface area (Å²) in [5.41, 5.74) is 6.86. The molecule has 0 spiro atoms. The van der Waals surface area contributed by atoms with E-state index in [1.54, 1.807) is 25.2 Å². The van der Waals surface area contributed by atoms with E-state index >= 15 is 0 Å². The number of hydrogen-bond acceptors (Lipinski definition) is 4. The van der Waals surface area contributed by atoms with Gasteiger partial charge in [0.15, 0.2) is 5.78 Å². The van der Waals surface area contributed by atoms with Gasteiger partial charge in [0.25, 0.3) is 0 Å². The van der Waals surface area contributed by atoms with Crippen molar-refractivity contribution in [3.8, 4) is 0 Å². The van der Waals surface area contributed by atoms with E-state index in [0.29, 0.717) is 23.9 Å². The molecular formula is C16H18N4O4. The van der Waals surface area contributed by atoms with Crippen molar-refractivity contribution in [2.45, 2.75) is 31.8 Å². The molecule has 1 aromatic carbocycles. The third-order valence-corrected chi connectivity index (χ3v) is 4.37. The Morgan fingerprint density at radius 2 is 2.04 bits per heavy atom. The molecule has 1 heterocycles. The molecule has 3 rings (SSSR count). The number of rotatable bonds is 3. The molecule has 0 saturated heterocycles. The van der Waals surface area contributed by atoms with Crippen molar-refractivity contribution in [1.82, 2.24) is 14.5 Å². The fraction of sp³-hybridized carbons (Fsp3) is 0.375. The number of imidazole rings is 1. The average molecular weight is 330 g/mol. The summed E-state index contributed by atoms with van der Waals surface area (Å²) >= 11 is 0. The molecule has 1 unspecified atom stereocenters. The highest BCUT2D eigenvalue weighted by atomic mass is 16.2. The molecule has 1 aliphatic carbocycles. The SMILES string of the molecule is Cn1c(=O)n(C2CCC(=O)CC2=O)c2ccc(CNC(N)=O)cc21. The van der Waals surface area contributed by atoms with Crippen LogP contribution in [-0.4, -0.2) is 26.7 Å². The first-order valence-electron chi connectivity index (χ1n) is 7.66. The summed E-state index contributed by atoms with van der Waals surface area (Å²) in [4.78, 5) is 47.0. The van der Waals surface area contributed by atoms with E-state index in [4.69, 9.17) is 5.73 Å². The van der Waals surface area contributed by atoms with Gasteiger partial charge in [-0.25, -0.2) is 9.59 Å². The molecule has 2 amide bonds. The average Bonchev–Trinajstić information content (AvgIpc) is 2.77. The quantitative estimate of drug-likeness (QED) is 0.791. The van der Waals surface area contributed by atoms with Crippen LogP contribution in [0, 0.1) is 0 Å². The summed E-state index contributed by atoms with van der Waals surface area (Å²) in [5, 5.41) is 2.50. The van der Waals surface area contributed by atoms with Gasteiger partial charge < -0.3 is 11.1 Å². The van der Waals surface area contributed by atoms with E-state index in [-0.39, 0.29) is 30.2 Å². The summed E-state index contributed by atoms with van der Waals surface area (Å²) < 4.78 is 2.93. The highest BCUT2D eigenvalue weighted by molar-refractivity contribution is 6.03. The molecule has 3 N–H and O–H groups in total. The molecule has 0 bridgehead atoms. The summed E-state index contributed by atoms with van der Waals surface area (Å²) in [6.07, 6.45) is 0.537. The van der Waals surface area contributed by atoms with Crippen molar-refractivity contribution in [2.24, 2.45) is 12.8 Å². The number of carbonyl (C=O) groups excluding carboxylic acids is 3. The number of ketones is 2. The van der Waals surface area contributed by atoms with Crippen LogP contribution in [-0.2, 0) is 23.2 Å². The van der Waals surface area contributed by atoms with Gasteiger partial charge in [0, 0.05) is 20.0 Å². The zero-order valence-corrected chi connectivity index (χ0v) is 13.2. The second kappa shape index (κ2) is 5.95. The van der Waals surface area contributed by atoms with Gasteiger partial charge in [-0.2, -0.15) is 0 Å². The molecule has 126 valence electrons. The predicted molar refractivity (Wildman–Crippen MR) is 86.5 cm³/mol. The number of urea groups is 1. The van der Waals surface area contributed by atoms with Crippen LogP contribution in [0.25, 0.3) is 11.0 Å². The van der Waals surface area contributed by atoms with Crippen LogP contribution in [0.1, 0.15) is 30.9 Å². The third kappa shape index (κ3) is 2.70. The summed E-state index contributed by atoms with van der Waals surface area (Å²) in [7, 11) is 1.63. The lowest BCUT2D eigenvalue weighted by Crippen LogP contribution is -2.34. The molecule has 0 radical (unpaired) electrons. The van der Waals surface area contributed by atoms with Crippen LogP contribution in [0.2, 0.25) is 0 Å². The van der Waals surface area contributed by atoms with Gasteiger partial charge in [-0.05, 0) is 24.1 Å².